The van der Waals surface area contributed by atoms with Crippen molar-refractivity contribution in [2.24, 2.45) is 0 Å². The molecule has 9 heteroatoms. The fourth-order valence-corrected chi connectivity index (χ4v) is 0.668. The number of aliphatic hydroxyl groups excluding tert-OH is 6. The quantitative estimate of drug-likeness (QED) is 0.263. The molecule has 0 aliphatic rings. The predicted molar refractivity (Wildman–Crippen MR) is 56.3 cm³/mol. The van der Waals surface area contributed by atoms with Crippen LogP contribution in [0.15, 0.2) is 0 Å². The zero-order valence-electron chi connectivity index (χ0n) is 9.01. The highest BCUT2D eigenvalue weighted by molar-refractivity contribution is 6.19. The highest BCUT2D eigenvalue weighted by atomic mass is 35.5. The Labute approximate surface area is 102 Å². The number of hydrogen-bond donors (Lipinski definition) is 7. The fraction of sp³-hybridized carbons (Fsp3) is 0.875. The molecule has 0 saturated heterocycles. The first-order valence-electron chi connectivity index (χ1n) is 4.53. The van der Waals surface area contributed by atoms with Gasteiger partial charge in [0, 0.05) is 0 Å². The molecular formula is C8H17ClO8. The van der Waals surface area contributed by atoms with E-state index in [2.05, 4.69) is 0 Å². The number of halogens is 1. The first-order chi connectivity index (χ1) is 7.64. The summed E-state index contributed by atoms with van der Waals surface area (Å²) >= 11 is 4.83. The van der Waals surface area contributed by atoms with Crippen molar-refractivity contribution in [3.8, 4) is 0 Å². The average molecular weight is 277 g/mol. The smallest absolute Gasteiger partial charge is 0.335 e. The van der Waals surface area contributed by atoms with Crippen LogP contribution in [-0.4, -0.2) is 78.3 Å². The summed E-state index contributed by atoms with van der Waals surface area (Å²) in [4.78, 5) is 10.1. The Bertz CT molecular complexity index is 209. The standard InChI is InChI=1S/C6H12O7.C2H5ClO/c7-1-2(8)3(9)4(10)5(11)6(12)13;1-2(3)4/h2-5,7-11H,1H2,(H,12,13);2,4H,1H3. The van der Waals surface area contributed by atoms with Crippen molar-refractivity contribution in [2.45, 2.75) is 36.9 Å². The van der Waals surface area contributed by atoms with Crippen LogP contribution in [0.25, 0.3) is 0 Å². The molecule has 0 amide bonds. The Morgan fingerprint density at radius 2 is 1.47 bits per heavy atom. The SMILES string of the molecule is CC(O)Cl.O=C(O)C(O)C(O)C(O)C(O)CO. The molecule has 0 rings (SSSR count). The first kappa shape index (κ1) is 18.9. The zero-order chi connectivity index (χ0) is 14.2. The first-order valence-corrected chi connectivity index (χ1v) is 4.96. The minimum atomic E-state index is -2.20. The van der Waals surface area contributed by atoms with Gasteiger partial charge in [-0.2, -0.15) is 0 Å². The van der Waals surface area contributed by atoms with E-state index in [1.807, 2.05) is 0 Å². The molecular weight excluding hydrogens is 260 g/mol. The Morgan fingerprint density at radius 1 is 1.12 bits per heavy atom. The molecule has 0 saturated carbocycles. The summed E-state index contributed by atoms with van der Waals surface area (Å²) < 4.78 is 0. The number of carbonyl (C=O) groups is 1. The summed E-state index contributed by atoms with van der Waals surface area (Å²) in [6.45, 7) is 0.645. The van der Waals surface area contributed by atoms with Crippen molar-refractivity contribution >= 4 is 17.6 Å². The second-order valence-electron chi connectivity index (χ2n) is 3.09. The van der Waals surface area contributed by atoms with Gasteiger partial charge in [-0.1, -0.05) is 11.6 Å². The van der Waals surface area contributed by atoms with Gasteiger partial charge in [-0.05, 0) is 6.92 Å². The normalized spacial score (nSPS) is 19.3. The number of rotatable bonds is 5. The Morgan fingerprint density at radius 3 is 1.71 bits per heavy atom. The summed E-state index contributed by atoms with van der Waals surface area (Å²) in [7, 11) is 0. The van der Waals surface area contributed by atoms with E-state index >= 15 is 0 Å². The summed E-state index contributed by atoms with van der Waals surface area (Å²) in [6.07, 6.45) is -7.84. The Hall–Kier alpha value is -0.480. The summed E-state index contributed by atoms with van der Waals surface area (Å²) in [5.41, 5.74) is -0.694. The van der Waals surface area contributed by atoms with Crippen LogP contribution in [0.4, 0.5) is 0 Å². The van der Waals surface area contributed by atoms with E-state index in [1.54, 1.807) is 0 Å². The molecule has 0 fully saturated rings. The largest absolute Gasteiger partial charge is 0.479 e. The molecule has 5 unspecified atom stereocenters. The van der Waals surface area contributed by atoms with E-state index in [4.69, 9.17) is 47.3 Å². The molecule has 7 N–H and O–H groups in total. The number of aliphatic hydroxyl groups is 6. The molecule has 104 valence electrons. The molecule has 0 bridgehead atoms. The van der Waals surface area contributed by atoms with E-state index in [1.165, 1.54) is 6.92 Å². The van der Waals surface area contributed by atoms with Crippen LogP contribution >= 0.6 is 11.6 Å². The van der Waals surface area contributed by atoms with Gasteiger partial charge in [-0.3, -0.25) is 0 Å². The molecule has 0 radical (unpaired) electrons. The lowest BCUT2D eigenvalue weighted by Gasteiger charge is -2.23. The maximum atomic E-state index is 10.1. The zero-order valence-corrected chi connectivity index (χ0v) is 9.77. The third-order valence-corrected chi connectivity index (χ3v) is 1.51. The number of carboxylic acid groups (broad SMARTS) is 1. The van der Waals surface area contributed by atoms with Crippen molar-refractivity contribution in [3.05, 3.63) is 0 Å². The molecule has 0 aromatic heterocycles. The minimum Gasteiger partial charge on any atom is -0.479 e. The molecule has 8 nitrogen and oxygen atoms in total. The molecule has 0 heterocycles. The third-order valence-electron chi connectivity index (χ3n) is 1.51. The molecule has 0 aromatic carbocycles. The maximum Gasteiger partial charge on any atom is 0.335 e. The summed E-state index contributed by atoms with van der Waals surface area (Å²) in [5, 5.41) is 59.6. The van der Waals surface area contributed by atoms with E-state index in [0.717, 1.165) is 0 Å². The molecule has 0 aromatic rings. The van der Waals surface area contributed by atoms with E-state index < -0.39 is 42.6 Å². The minimum absolute atomic E-state index is 0.694. The number of alkyl halides is 1. The number of aliphatic carboxylic acids is 1. The third kappa shape index (κ3) is 9.24. The summed E-state index contributed by atoms with van der Waals surface area (Å²) in [5.74, 6) is -1.73. The van der Waals surface area contributed by atoms with Gasteiger partial charge in [0.05, 0.1) is 6.61 Å². The van der Waals surface area contributed by atoms with Crippen LogP contribution in [0.1, 0.15) is 6.92 Å². The monoisotopic (exact) mass is 276 g/mol. The van der Waals surface area contributed by atoms with Crippen LogP contribution in [0.5, 0.6) is 0 Å². The van der Waals surface area contributed by atoms with Gasteiger partial charge < -0.3 is 35.7 Å². The Kier molecular flexibility index (Phi) is 10.6. The lowest BCUT2D eigenvalue weighted by Crippen LogP contribution is -2.48. The number of carboxylic acids is 1. The van der Waals surface area contributed by atoms with Gasteiger partial charge in [0.25, 0.3) is 0 Å². The van der Waals surface area contributed by atoms with Gasteiger partial charge >= 0.3 is 5.97 Å². The molecule has 0 aliphatic heterocycles. The van der Waals surface area contributed by atoms with Crippen molar-refractivity contribution in [3.63, 3.8) is 0 Å². The van der Waals surface area contributed by atoms with Crippen LogP contribution in [0.2, 0.25) is 0 Å². The molecule has 5 atom stereocenters. The lowest BCUT2D eigenvalue weighted by molar-refractivity contribution is -0.164. The van der Waals surface area contributed by atoms with Crippen LogP contribution in [0, 0.1) is 0 Å². The molecule has 17 heavy (non-hydrogen) atoms. The van der Waals surface area contributed by atoms with Crippen LogP contribution in [0.3, 0.4) is 0 Å². The van der Waals surface area contributed by atoms with Crippen LogP contribution < -0.4 is 0 Å². The van der Waals surface area contributed by atoms with E-state index in [-0.39, 0.29) is 0 Å². The van der Waals surface area contributed by atoms with Gasteiger partial charge in [0.1, 0.15) is 23.9 Å². The van der Waals surface area contributed by atoms with E-state index in [9.17, 15) is 4.79 Å². The molecule has 0 spiro atoms. The second-order valence-corrected chi connectivity index (χ2v) is 3.72. The highest BCUT2D eigenvalue weighted by Crippen LogP contribution is 2.04. The lowest BCUT2D eigenvalue weighted by atomic mass is 10.0. The number of hydrogen-bond acceptors (Lipinski definition) is 7. The predicted octanol–water partition coefficient (Wildman–Crippen LogP) is -2.93. The van der Waals surface area contributed by atoms with Crippen molar-refractivity contribution in [2.75, 3.05) is 6.61 Å². The van der Waals surface area contributed by atoms with Crippen molar-refractivity contribution in [1.29, 1.82) is 0 Å². The van der Waals surface area contributed by atoms with Gasteiger partial charge in [-0.25, -0.2) is 4.79 Å². The van der Waals surface area contributed by atoms with Gasteiger partial charge in [-0.15, -0.1) is 0 Å². The maximum absolute atomic E-state index is 10.1. The van der Waals surface area contributed by atoms with Crippen molar-refractivity contribution in [1.82, 2.24) is 0 Å². The molecule has 0 aliphatic carbocycles. The summed E-state index contributed by atoms with van der Waals surface area (Å²) in [6, 6.07) is 0. The van der Waals surface area contributed by atoms with E-state index in [0.29, 0.717) is 0 Å². The van der Waals surface area contributed by atoms with Gasteiger partial charge in [0.2, 0.25) is 0 Å². The van der Waals surface area contributed by atoms with Gasteiger partial charge in [0.15, 0.2) is 6.10 Å². The fourth-order valence-electron chi connectivity index (χ4n) is 0.668. The van der Waals surface area contributed by atoms with Crippen molar-refractivity contribution < 1.29 is 40.5 Å². The van der Waals surface area contributed by atoms with Crippen LogP contribution in [-0.2, 0) is 4.79 Å². The second kappa shape index (κ2) is 9.54. The Balaban J connectivity index is 0. The average Bonchev–Trinajstić information content (AvgIpc) is 2.23. The topological polar surface area (TPSA) is 159 Å². The highest BCUT2D eigenvalue weighted by Gasteiger charge is 2.33.